The van der Waals surface area contributed by atoms with Crippen molar-refractivity contribution < 1.29 is 29.0 Å². The topological polar surface area (TPSA) is 102 Å². The van der Waals surface area contributed by atoms with Crippen molar-refractivity contribution in [3.8, 4) is 5.75 Å². The van der Waals surface area contributed by atoms with Crippen molar-refractivity contribution in [1.29, 1.82) is 0 Å². The van der Waals surface area contributed by atoms with E-state index in [9.17, 15) is 19.5 Å². The van der Waals surface area contributed by atoms with E-state index in [1.54, 1.807) is 24.3 Å². The first-order chi connectivity index (χ1) is 10.7. The fraction of sp³-hybridized carbons (Fsp3) is 0.438. The van der Waals surface area contributed by atoms with Crippen molar-refractivity contribution in [2.45, 2.75) is 25.9 Å². The third-order valence-electron chi connectivity index (χ3n) is 2.87. The maximum atomic E-state index is 11.8. The molecule has 0 radical (unpaired) electrons. The lowest BCUT2D eigenvalue weighted by molar-refractivity contribution is -0.147. The highest BCUT2D eigenvalue weighted by molar-refractivity contribution is 6.01. The van der Waals surface area contributed by atoms with Crippen LogP contribution in [0.15, 0.2) is 24.3 Å². The van der Waals surface area contributed by atoms with Gasteiger partial charge in [-0.15, -0.1) is 0 Å². The number of ketones is 1. The molecule has 0 saturated heterocycles. The number of hydrogen-bond donors (Lipinski definition) is 2. The summed E-state index contributed by atoms with van der Waals surface area (Å²) in [4.78, 5) is 34.0. The van der Waals surface area contributed by atoms with Crippen LogP contribution in [0, 0.1) is 0 Å². The molecule has 0 spiro atoms. The fourth-order valence-corrected chi connectivity index (χ4v) is 1.64. The van der Waals surface area contributed by atoms with Gasteiger partial charge in [-0.1, -0.05) is 0 Å². The molecule has 7 heteroatoms. The first kappa shape index (κ1) is 18.6. The minimum absolute atomic E-state index is 0.0141. The number of carbonyl (C=O) groups is 3. The molecule has 0 heterocycles. The quantitative estimate of drug-likeness (QED) is 0.316. The summed E-state index contributed by atoms with van der Waals surface area (Å²) in [6.07, 6.45) is -0.329. The van der Waals surface area contributed by atoms with E-state index < -0.39 is 17.5 Å². The lowest BCUT2D eigenvalue weighted by atomic mass is 9.97. The van der Waals surface area contributed by atoms with E-state index in [-0.39, 0.29) is 25.4 Å². The summed E-state index contributed by atoms with van der Waals surface area (Å²) in [7, 11) is 1.44. The van der Waals surface area contributed by atoms with E-state index >= 15 is 0 Å². The second kappa shape index (κ2) is 8.28. The standard InChI is InChI=1S/C16H21NO6/c1-16(2,21)15(20)11-4-6-12(7-5-11)22-8-9-23-14(19)10-13(18)17-3/h4-7,21H,8-10H2,1-3H3,(H,17,18). The van der Waals surface area contributed by atoms with Crippen LogP contribution in [0.3, 0.4) is 0 Å². The number of benzene rings is 1. The van der Waals surface area contributed by atoms with E-state index in [2.05, 4.69) is 5.32 Å². The first-order valence-electron chi connectivity index (χ1n) is 7.10. The van der Waals surface area contributed by atoms with Crippen LogP contribution in [0.4, 0.5) is 0 Å². The summed E-state index contributed by atoms with van der Waals surface area (Å²) in [6.45, 7) is 2.98. The number of carbonyl (C=O) groups excluding carboxylic acids is 3. The Labute approximate surface area is 134 Å². The van der Waals surface area contributed by atoms with Gasteiger partial charge in [0.1, 0.15) is 31.0 Å². The number of ether oxygens (including phenoxy) is 2. The van der Waals surface area contributed by atoms with Crippen LogP contribution in [-0.4, -0.2) is 48.6 Å². The predicted octanol–water partition coefficient (Wildman–Crippen LogP) is 0.698. The molecule has 0 aliphatic rings. The molecule has 0 aliphatic carbocycles. The van der Waals surface area contributed by atoms with Gasteiger partial charge in [-0.2, -0.15) is 0 Å². The van der Waals surface area contributed by atoms with Crippen molar-refractivity contribution >= 4 is 17.7 Å². The number of rotatable bonds is 8. The molecule has 1 rings (SSSR count). The van der Waals surface area contributed by atoms with E-state index in [1.165, 1.54) is 20.9 Å². The molecular formula is C16H21NO6. The van der Waals surface area contributed by atoms with Crippen molar-refractivity contribution in [1.82, 2.24) is 5.32 Å². The van der Waals surface area contributed by atoms with Crippen LogP contribution in [0.5, 0.6) is 5.75 Å². The van der Waals surface area contributed by atoms with Gasteiger partial charge in [0.2, 0.25) is 5.91 Å². The van der Waals surface area contributed by atoms with Crippen molar-refractivity contribution in [2.24, 2.45) is 0 Å². The van der Waals surface area contributed by atoms with Crippen molar-refractivity contribution in [2.75, 3.05) is 20.3 Å². The summed E-state index contributed by atoms with van der Waals surface area (Å²) in [5.41, 5.74) is -1.05. The molecule has 0 bridgehead atoms. The van der Waals surface area contributed by atoms with Crippen LogP contribution in [0.2, 0.25) is 0 Å². The van der Waals surface area contributed by atoms with E-state index in [0.29, 0.717) is 11.3 Å². The van der Waals surface area contributed by atoms with Gasteiger partial charge < -0.3 is 19.9 Å². The molecule has 1 amide bonds. The van der Waals surface area contributed by atoms with Crippen LogP contribution >= 0.6 is 0 Å². The summed E-state index contributed by atoms with van der Waals surface area (Å²) in [5, 5.41) is 12.0. The molecule has 126 valence electrons. The zero-order chi connectivity index (χ0) is 17.5. The maximum absolute atomic E-state index is 11.8. The lowest BCUT2D eigenvalue weighted by Gasteiger charge is -2.15. The van der Waals surface area contributed by atoms with Gasteiger partial charge in [-0.25, -0.2) is 0 Å². The molecule has 7 nitrogen and oxygen atoms in total. The fourth-order valence-electron chi connectivity index (χ4n) is 1.64. The summed E-state index contributed by atoms with van der Waals surface area (Å²) >= 11 is 0. The SMILES string of the molecule is CNC(=O)CC(=O)OCCOc1ccc(C(=O)C(C)(C)O)cc1. The Bertz CT molecular complexity index is 559. The summed E-state index contributed by atoms with van der Waals surface area (Å²) in [6, 6.07) is 6.27. The Morgan fingerprint density at radius 1 is 1.13 bits per heavy atom. The smallest absolute Gasteiger partial charge is 0.315 e. The molecule has 0 saturated carbocycles. The average molecular weight is 323 g/mol. The molecule has 23 heavy (non-hydrogen) atoms. The normalized spacial score (nSPS) is 10.8. The second-order valence-electron chi connectivity index (χ2n) is 5.33. The minimum Gasteiger partial charge on any atom is -0.490 e. The highest BCUT2D eigenvalue weighted by atomic mass is 16.6. The Kier molecular flexibility index (Phi) is 6.71. The largest absolute Gasteiger partial charge is 0.490 e. The van der Waals surface area contributed by atoms with Crippen LogP contribution < -0.4 is 10.1 Å². The molecule has 0 aromatic heterocycles. The molecule has 0 atom stereocenters. The van der Waals surface area contributed by atoms with E-state index in [1.807, 2.05) is 0 Å². The molecule has 0 unspecified atom stereocenters. The molecule has 0 aliphatic heterocycles. The number of nitrogens with one attached hydrogen (secondary N) is 1. The minimum atomic E-state index is -1.43. The zero-order valence-electron chi connectivity index (χ0n) is 13.4. The van der Waals surface area contributed by atoms with Gasteiger partial charge in [0.05, 0.1) is 0 Å². The highest BCUT2D eigenvalue weighted by Crippen LogP contribution is 2.17. The van der Waals surface area contributed by atoms with Gasteiger partial charge in [-0.3, -0.25) is 14.4 Å². The van der Waals surface area contributed by atoms with E-state index in [0.717, 1.165) is 0 Å². The molecule has 2 N–H and O–H groups in total. The van der Waals surface area contributed by atoms with Crippen LogP contribution in [0.25, 0.3) is 0 Å². The Balaban J connectivity index is 2.38. The number of Topliss-reactive ketones (excluding diaryl/α,β-unsaturated/α-hetero) is 1. The number of aliphatic hydroxyl groups is 1. The van der Waals surface area contributed by atoms with Gasteiger partial charge in [0.25, 0.3) is 0 Å². The summed E-state index contributed by atoms with van der Waals surface area (Å²) in [5.74, 6) is -0.922. The predicted molar refractivity (Wildman–Crippen MR) is 82.2 cm³/mol. The molecule has 0 fully saturated rings. The van der Waals surface area contributed by atoms with Gasteiger partial charge in [0, 0.05) is 12.6 Å². The van der Waals surface area contributed by atoms with Crippen LogP contribution in [0.1, 0.15) is 30.6 Å². The third kappa shape index (κ3) is 6.48. The Hall–Kier alpha value is -2.41. The lowest BCUT2D eigenvalue weighted by Crippen LogP contribution is -2.30. The van der Waals surface area contributed by atoms with Gasteiger partial charge in [0.15, 0.2) is 5.78 Å². The zero-order valence-corrected chi connectivity index (χ0v) is 13.4. The maximum Gasteiger partial charge on any atom is 0.315 e. The van der Waals surface area contributed by atoms with Crippen LogP contribution in [-0.2, 0) is 14.3 Å². The van der Waals surface area contributed by atoms with Gasteiger partial charge >= 0.3 is 5.97 Å². The van der Waals surface area contributed by atoms with E-state index in [4.69, 9.17) is 9.47 Å². The Morgan fingerprint density at radius 3 is 2.26 bits per heavy atom. The number of amides is 1. The number of esters is 1. The average Bonchev–Trinajstić information content (AvgIpc) is 2.50. The van der Waals surface area contributed by atoms with Gasteiger partial charge in [-0.05, 0) is 38.1 Å². The first-order valence-corrected chi connectivity index (χ1v) is 7.10. The molecule has 1 aromatic rings. The van der Waals surface area contributed by atoms with Crippen molar-refractivity contribution in [3.63, 3.8) is 0 Å². The molecular weight excluding hydrogens is 302 g/mol. The third-order valence-corrected chi connectivity index (χ3v) is 2.87. The van der Waals surface area contributed by atoms with Crippen molar-refractivity contribution in [3.05, 3.63) is 29.8 Å². The Morgan fingerprint density at radius 2 is 1.74 bits per heavy atom. The summed E-state index contributed by atoms with van der Waals surface area (Å²) < 4.78 is 10.2. The monoisotopic (exact) mass is 323 g/mol. The molecule has 1 aromatic carbocycles. The highest BCUT2D eigenvalue weighted by Gasteiger charge is 2.24. The number of hydrogen-bond acceptors (Lipinski definition) is 6. The second-order valence-corrected chi connectivity index (χ2v) is 5.33.